The van der Waals surface area contributed by atoms with Crippen molar-refractivity contribution in [2.24, 2.45) is 0 Å². The van der Waals surface area contributed by atoms with Gasteiger partial charge in [-0.2, -0.15) is 0 Å². The number of likely N-dealkylation sites (N-methyl/N-ethyl adjacent to an activating group) is 1. The SMILES string of the molecule is COc1ccc(OC)c([C@H]2/C(=C(\O)c3cc(F)ccc3OC)C(=O)C(=O)N2CCN(C)C)c1. The van der Waals surface area contributed by atoms with Crippen LogP contribution in [0.3, 0.4) is 0 Å². The van der Waals surface area contributed by atoms with Crippen molar-refractivity contribution >= 4 is 17.4 Å². The lowest BCUT2D eigenvalue weighted by atomic mass is 9.94. The fraction of sp³-hybridized carbons (Fsp3) is 0.333. The van der Waals surface area contributed by atoms with Crippen LogP contribution in [0.15, 0.2) is 42.0 Å². The van der Waals surface area contributed by atoms with Gasteiger partial charge in [0.2, 0.25) is 0 Å². The van der Waals surface area contributed by atoms with Crippen LogP contribution in [0.2, 0.25) is 0 Å². The van der Waals surface area contributed by atoms with Crippen LogP contribution in [0, 0.1) is 5.82 Å². The van der Waals surface area contributed by atoms with Gasteiger partial charge < -0.3 is 29.1 Å². The highest BCUT2D eigenvalue weighted by Gasteiger charge is 2.47. The average Bonchev–Trinajstić information content (AvgIpc) is 3.06. The summed E-state index contributed by atoms with van der Waals surface area (Å²) in [6, 6.07) is 7.58. The summed E-state index contributed by atoms with van der Waals surface area (Å²) in [6.07, 6.45) is 0. The number of aliphatic hydroxyl groups is 1. The van der Waals surface area contributed by atoms with Crippen LogP contribution in [0.25, 0.3) is 5.76 Å². The molecule has 1 heterocycles. The molecule has 2 aromatic rings. The van der Waals surface area contributed by atoms with E-state index in [0.717, 1.165) is 6.07 Å². The summed E-state index contributed by atoms with van der Waals surface area (Å²) in [7, 11) is 8.01. The van der Waals surface area contributed by atoms with Crippen molar-refractivity contribution in [3.05, 3.63) is 58.9 Å². The maximum absolute atomic E-state index is 14.0. The topological polar surface area (TPSA) is 88.5 Å². The highest BCUT2D eigenvalue weighted by molar-refractivity contribution is 6.46. The van der Waals surface area contributed by atoms with Gasteiger partial charge in [-0.15, -0.1) is 0 Å². The fourth-order valence-corrected chi connectivity index (χ4v) is 3.81. The van der Waals surface area contributed by atoms with E-state index in [-0.39, 0.29) is 23.4 Å². The van der Waals surface area contributed by atoms with Crippen molar-refractivity contribution in [1.29, 1.82) is 0 Å². The van der Waals surface area contributed by atoms with Crippen LogP contribution < -0.4 is 14.2 Å². The Labute approximate surface area is 191 Å². The number of aliphatic hydroxyl groups excluding tert-OH is 1. The number of ether oxygens (including phenoxy) is 3. The van der Waals surface area contributed by atoms with E-state index in [1.807, 2.05) is 19.0 Å². The first-order valence-electron chi connectivity index (χ1n) is 10.2. The molecule has 1 N–H and O–H groups in total. The molecule has 176 valence electrons. The van der Waals surface area contributed by atoms with Gasteiger partial charge in [0.25, 0.3) is 11.7 Å². The maximum Gasteiger partial charge on any atom is 0.295 e. The monoisotopic (exact) mass is 458 g/mol. The lowest BCUT2D eigenvalue weighted by Crippen LogP contribution is -2.35. The molecule has 1 atom stereocenters. The number of methoxy groups -OCH3 is 3. The van der Waals surface area contributed by atoms with E-state index in [2.05, 4.69) is 0 Å². The molecular weight excluding hydrogens is 431 g/mol. The van der Waals surface area contributed by atoms with E-state index < -0.39 is 29.3 Å². The summed E-state index contributed by atoms with van der Waals surface area (Å²) in [4.78, 5) is 29.5. The maximum atomic E-state index is 14.0. The predicted octanol–water partition coefficient (Wildman–Crippen LogP) is 2.83. The van der Waals surface area contributed by atoms with Crippen molar-refractivity contribution in [3.8, 4) is 17.2 Å². The molecule has 1 aliphatic heterocycles. The van der Waals surface area contributed by atoms with Crippen LogP contribution in [-0.2, 0) is 9.59 Å². The van der Waals surface area contributed by atoms with Crippen LogP contribution in [0.4, 0.5) is 4.39 Å². The summed E-state index contributed by atoms with van der Waals surface area (Å²) in [5, 5.41) is 11.2. The number of benzene rings is 2. The molecule has 3 rings (SSSR count). The fourth-order valence-electron chi connectivity index (χ4n) is 3.81. The van der Waals surface area contributed by atoms with Gasteiger partial charge in [0.15, 0.2) is 0 Å². The quantitative estimate of drug-likeness (QED) is 0.370. The summed E-state index contributed by atoms with van der Waals surface area (Å²) in [5.74, 6) is -1.79. The van der Waals surface area contributed by atoms with Crippen LogP contribution >= 0.6 is 0 Å². The van der Waals surface area contributed by atoms with Crippen LogP contribution in [-0.4, -0.2) is 75.1 Å². The Hall–Kier alpha value is -3.59. The van der Waals surface area contributed by atoms with Crippen molar-refractivity contribution < 1.29 is 33.3 Å². The molecule has 1 saturated heterocycles. The first-order chi connectivity index (χ1) is 15.7. The molecule has 1 aliphatic rings. The zero-order valence-corrected chi connectivity index (χ0v) is 19.2. The van der Waals surface area contributed by atoms with Crippen LogP contribution in [0.5, 0.6) is 17.2 Å². The number of hydrogen-bond acceptors (Lipinski definition) is 7. The lowest BCUT2D eigenvalue weighted by molar-refractivity contribution is -0.140. The average molecular weight is 458 g/mol. The normalized spacial score (nSPS) is 17.5. The third-order valence-electron chi connectivity index (χ3n) is 5.48. The third-order valence-corrected chi connectivity index (χ3v) is 5.48. The number of likely N-dealkylation sites (tertiary alicyclic amines) is 1. The second-order valence-corrected chi connectivity index (χ2v) is 7.75. The van der Waals surface area contributed by atoms with E-state index in [9.17, 15) is 19.1 Å². The minimum absolute atomic E-state index is 0.0324. The van der Waals surface area contributed by atoms with Crippen molar-refractivity contribution in [3.63, 3.8) is 0 Å². The third kappa shape index (κ3) is 4.63. The number of carbonyl (C=O) groups excluding carboxylic acids is 2. The smallest absolute Gasteiger partial charge is 0.295 e. The molecule has 0 radical (unpaired) electrons. The molecule has 2 aromatic carbocycles. The molecule has 0 bridgehead atoms. The molecule has 1 amide bonds. The Bertz CT molecular complexity index is 1100. The number of nitrogens with zero attached hydrogens (tertiary/aromatic N) is 2. The zero-order chi connectivity index (χ0) is 24.3. The zero-order valence-electron chi connectivity index (χ0n) is 19.2. The van der Waals surface area contributed by atoms with Gasteiger partial charge in [0.05, 0.1) is 38.5 Å². The largest absolute Gasteiger partial charge is 0.507 e. The first kappa shape index (κ1) is 24.1. The Morgan fingerprint density at radius 3 is 2.30 bits per heavy atom. The highest BCUT2D eigenvalue weighted by Crippen LogP contribution is 2.44. The van der Waals surface area contributed by atoms with Gasteiger partial charge in [-0.25, -0.2) is 4.39 Å². The molecule has 1 fully saturated rings. The van der Waals surface area contributed by atoms with Gasteiger partial charge in [0.1, 0.15) is 28.8 Å². The number of rotatable bonds is 8. The van der Waals surface area contributed by atoms with Gasteiger partial charge in [0, 0.05) is 18.7 Å². The molecule has 0 saturated carbocycles. The van der Waals surface area contributed by atoms with Crippen LogP contribution in [0.1, 0.15) is 17.2 Å². The number of halogens is 1. The summed E-state index contributed by atoms with van der Waals surface area (Å²) in [6.45, 7) is 0.679. The van der Waals surface area contributed by atoms with E-state index in [1.165, 1.54) is 38.4 Å². The standard InChI is InChI=1S/C24H27FN2O6/c1-26(2)10-11-27-21(16-13-15(31-3)7-9-18(16)32-4)20(23(29)24(27)30)22(28)17-12-14(25)6-8-19(17)33-5/h6-9,12-13,21,28H,10-11H2,1-5H3/b22-20+/t21-/m0/s1. The molecule has 9 heteroatoms. The molecule has 33 heavy (non-hydrogen) atoms. The molecule has 0 unspecified atom stereocenters. The summed E-state index contributed by atoms with van der Waals surface area (Å²) < 4.78 is 30.1. The number of ketones is 1. The summed E-state index contributed by atoms with van der Waals surface area (Å²) >= 11 is 0. The second kappa shape index (κ2) is 9.91. The number of hydrogen-bond donors (Lipinski definition) is 1. The molecule has 0 spiro atoms. The summed E-state index contributed by atoms with van der Waals surface area (Å²) in [5.41, 5.74) is 0.232. The number of Topliss-reactive ketones (excluding diaryl/α,β-unsaturated/α-hetero) is 1. The molecule has 0 aromatic heterocycles. The van der Waals surface area contributed by atoms with Crippen molar-refractivity contribution in [1.82, 2.24) is 9.80 Å². The van der Waals surface area contributed by atoms with E-state index in [1.54, 1.807) is 18.2 Å². The predicted molar refractivity (Wildman–Crippen MR) is 120 cm³/mol. The van der Waals surface area contributed by atoms with Gasteiger partial charge in [-0.1, -0.05) is 0 Å². The molecule has 8 nitrogen and oxygen atoms in total. The lowest BCUT2D eigenvalue weighted by Gasteiger charge is -2.28. The highest BCUT2D eigenvalue weighted by atomic mass is 19.1. The minimum Gasteiger partial charge on any atom is -0.507 e. The molecular formula is C24H27FN2O6. The minimum atomic E-state index is -0.983. The van der Waals surface area contributed by atoms with E-state index >= 15 is 0 Å². The van der Waals surface area contributed by atoms with Gasteiger partial charge >= 0.3 is 0 Å². The Balaban J connectivity index is 2.30. The molecule has 0 aliphatic carbocycles. The Kier molecular flexibility index (Phi) is 7.23. The van der Waals surface area contributed by atoms with E-state index in [4.69, 9.17) is 14.2 Å². The first-order valence-corrected chi connectivity index (χ1v) is 10.2. The number of amides is 1. The van der Waals surface area contributed by atoms with Gasteiger partial charge in [-0.05, 0) is 50.5 Å². The van der Waals surface area contributed by atoms with Crippen molar-refractivity contribution in [2.75, 3.05) is 48.5 Å². The van der Waals surface area contributed by atoms with Crippen molar-refractivity contribution in [2.45, 2.75) is 6.04 Å². The Morgan fingerprint density at radius 1 is 1.03 bits per heavy atom. The van der Waals surface area contributed by atoms with Gasteiger partial charge in [-0.3, -0.25) is 9.59 Å². The number of carbonyl (C=O) groups is 2. The van der Waals surface area contributed by atoms with E-state index in [0.29, 0.717) is 23.6 Å². The Morgan fingerprint density at radius 2 is 1.70 bits per heavy atom. The second-order valence-electron chi connectivity index (χ2n) is 7.75.